The number of thiazole rings is 1. The quantitative estimate of drug-likeness (QED) is 0.594. The number of amides is 2. The van der Waals surface area contributed by atoms with E-state index < -0.39 is 0 Å². The maximum Gasteiger partial charge on any atom is 0.321 e. The largest absolute Gasteiger partial charge is 0.341 e. The summed E-state index contributed by atoms with van der Waals surface area (Å²) in [5, 5.41) is 6.17. The second-order valence-electron chi connectivity index (χ2n) is 5.65. The Labute approximate surface area is 150 Å². The van der Waals surface area contributed by atoms with Gasteiger partial charge in [0.1, 0.15) is 5.82 Å². The average molecular weight is 355 g/mol. The van der Waals surface area contributed by atoms with E-state index in [1.165, 1.54) is 16.2 Å². The van der Waals surface area contributed by atoms with Crippen molar-refractivity contribution in [3.63, 3.8) is 0 Å². The van der Waals surface area contributed by atoms with Gasteiger partial charge in [0.15, 0.2) is 5.13 Å². The number of aromatic nitrogens is 3. The van der Waals surface area contributed by atoms with Crippen LogP contribution in [0.2, 0.25) is 0 Å². The second kappa shape index (κ2) is 8.43. The Balaban J connectivity index is 1.49. The molecule has 0 aliphatic heterocycles. The molecule has 1 aromatic carbocycles. The number of benzene rings is 1. The normalized spacial score (nSPS) is 10.6. The van der Waals surface area contributed by atoms with Gasteiger partial charge in [0, 0.05) is 11.1 Å². The summed E-state index contributed by atoms with van der Waals surface area (Å²) in [6, 6.07) is 9.66. The number of anilines is 1. The highest BCUT2D eigenvalue weighted by molar-refractivity contribution is 7.15. The molecule has 2 amide bonds. The molecule has 0 saturated carbocycles. The molecule has 7 heteroatoms. The van der Waals surface area contributed by atoms with Crippen molar-refractivity contribution < 1.29 is 4.79 Å². The van der Waals surface area contributed by atoms with Crippen molar-refractivity contribution in [3.05, 3.63) is 53.4 Å². The third-order valence-electron chi connectivity index (χ3n) is 3.68. The van der Waals surface area contributed by atoms with Gasteiger partial charge in [0.05, 0.1) is 18.4 Å². The molecule has 0 bridgehead atoms. The first-order valence-electron chi connectivity index (χ1n) is 8.33. The van der Waals surface area contributed by atoms with E-state index in [0.29, 0.717) is 17.5 Å². The molecule has 0 saturated heterocycles. The van der Waals surface area contributed by atoms with Crippen LogP contribution in [-0.2, 0) is 13.0 Å². The fraction of sp³-hybridized carbons (Fsp3) is 0.278. The highest BCUT2D eigenvalue weighted by Gasteiger charge is 2.08. The molecule has 0 atom stereocenters. The van der Waals surface area contributed by atoms with Crippen LogP contribution in [0, 0.1) is 0 Å². The molecule has 0 fully saturated rings. The van der Waals surface area contributed by atoms with Crippen molar-refractivity contribution in [2.24, 2.45) is 0 Å². The summed E-state index contributed by atoms with van der Waals surface area (Å²) in [6.45, 7) is 2.48. The van der Waals surface area contributed by atoms with Gasteiger partial charge in [-0.1, -0.05) is 43.7 Å². The van der Waals surface area contributed by atoms with Crippen molar-refractivity contribution in [2.75, 3.05) is 5.32 Å². The van der Waals surface area contributed by atoms with Crippen molar-refractivity contribution in [1.82, 2.24) is 20.3 Å². The first-order chi connectivity index (χ1) is 12.2. The fourth-order valence-electron chi connectivity index (χ4n) is 2.35. The number of H-pyrrole nitrogens is 1. The number of nitrogens with one attached hydrogen (secondary N) is 3. The van der Waals surface area contributed by atoms with Crippen LogP contribution in [-0.4, -0.2) is 21.0 Å². The number of aromatic amines is 1. The van der Waals surface area contributed by atoms with Crippen LogP contribution in [0.1, 0.15) is 30.5 Å². The lowest BCUT2D eigenvalue weighted by molar-refractivity contribution is 0.251. The molecule has 0 radical (unpaired) electrons. The SMILES string of the molecule is CCCCc1cnc(NC(=O)NCc2ncc(-c3ccccc3)[nH]2)s1. The van der Waals surface area contributed by atoms with Gasteiger partial charge < -0.3 is 10.3 Å². The van der Waals surface area contributed by atoms with Crippen LogP contribution >= 0.6 is 11.3 Å². The Hall–Kier alpha value is -2.67. The number of rotatable bonds is 7. The zero-order chi connectivity index (χ0) is 17.5. The van der Waals surface area contributed by atoms with E-state index >= 15 is 0 Å². The van der Waals surface area contributed by atoms with E-state index in [-0.39, 0.29) is 6.03 Å². The summed E-state index contributed by atoms with van der Waals surface area (Å²) in [5.74, 6) is 0.705. The summed E-state index contributed by atoms with van der Waals surface area (Å²) in [7, 11) is 0. The van der Waals surface area contributed by atoms with E-state index in [4.69, 9.17) is 0 Å². The predicted octanol–water partition coefficient (Wildman–Crippen LogP) is 4.20. The summed E-state index contributed by atoms with van der Waals surface area (Å²) in [6.07, 6.45) is 6.89. The van der Waals surface area contributed by atoms with Crippen molar-refractivity contribution in [1.29, 1.82) is 0 Å². The van der Waals surface area contributed by atoms with Crippen LogP contribution in [0.25, 0.3) is 11.3 Å². The number of urea groups is 1. The zero-order valence-electron chi connectivity index (χ0n) is 14.1. The van der Waals surface area contributed by atoms with Crippen LogP contribution in [0.5, 0.6) is 0 Å². The number of hydrogen-bond donors (Lipinski definition) is 3. The van der Waals surface area contributed by atoms with E-state index in [1.54, 1.807) is 6.20 Å². The Morgan fingerprint density at radius 2 is 2.04 bits per heavy atom. The van der Waals surface area contributed by atoms with Gasteiger partial charge in [-0.05, 0) is 18.4 Å². The molecule has 0 unspecified atom stereocenters. The molecular formula is C18H21N5OS. The van der Waals surface area contributed by atoms with Crippen LogP contribution in [0.4, 0.5) is 9.93 Å². The molecule has 130 valence electrons. The van der Waals surface area contributed by atoms with Gasteiger partial charge in [-0.15, -0.1) is 11.3 Å². The van der Waals surface area contributed by atoms with Crippen LogP contribution < -0.4 is 10.6 Å². The van der Waals surface area contributed by atoms with Gasteiger partial charge in [0.25, 0.3) is 0 Å². The second-order valence-corrected chi connectivity index (χ2v) is 6.77. The monoisotopic (exact) mass is 355 g/mol. The van der Waals surface area contributed by atoms with Gasteiger partial charge in [-0.3, -0.25) is 5.32 Å². The fourth-order valence-corrected chi connectivity index (χ4v) is 3.20. The predicted molar refractivity (Wildman–Crippen MR) is 101 cm³/mol. The first-order valence-corrected chi connectivity index (χ1v) is 9.15. The van der Waals surface area contributed by atoms with E-state index in [1.807, 2.05) is 36.5 Å². The maximum atomic E-state index is 12.0. The zero-order valence-corrected chi connectivity index (χ0v) is 14.9. The molecule has 0 spiro atoms. The van der Waals surface area contributed by atoms with E-state index in [2.05, 4.69) is 32.5 Å². The Morgan fingerprint density at radius 1 is 1.20 bits per heavy atom. The van der Waals surface area contributed by atoms with Gasteiger partial charge in [-0.25, -0.2) is 14.8 Å². The lowest BCUT2D eigenvalue weighted by Gasteiger charge is -2.03. The molecular weight excluding hydrogens is 334 g/mol. The van der Waals surface area contributed by atoms with Crippen LogP contribution in [0.15, 0.2) is 42.7 Å². The number of aryl methyl sites for hydroxylation is 1. The molecule has 25 heavy (non-hydrogen) atoms. The number of unbranched alkanes of at least 4 members (excludes halogenated alkanes) is 1. The van der Waals surface area contributed by atoms with Gasteiger partial charge in [-0.2, -0.15) is 0 Å². The molecule has 2 heterocycles. The molecule has 0 aliphatic rings. The van der Waals surface area contributed by atoms with E-state index in [0.717, 1.165) is 30.5 Å². The minimum atomic E-state index is -0.283. The van der Waals surface area contributed by atoms with Crippen molar-refractivity contribution in [2.45, 2.75) is 32.7 Å². The summed E-state index contributed by atoms with van der Waals surface area (Å²) >= 11 is 1.52. The molecule has 2 aromatic heterocycles. The highest BCUT2D eigenvalue weighted by atomic mass is 32.1. The average Bonchev–Trinajstić information content (AvgIpc) is 3.28. The summed E-state index contributed by atoms with van der Waals surface area (Å²) < 4.78 is 0. The van der Waals surface area contributed by atoms with Gasteiger partial charge >= 0.3 is 6.03 Å². The number of nitrogens with zero attached hydrogens (tertiary/aromatic N) is 2. The Morgan fingerprint density at radius 3 is 2.84 bits per heavy atom. The first kappa shape index (κ1) is 17.2. The Kier molecular flexibility index (Phi) is 5.79. The maximum absolute atomic E-state index is 12.0. The molecule has 3 N–H and O–H groups in total. The third kappa shape index (κ3) is 4.90. The minimum absolute atomic E-state index is 0.283. The Bertz CT molecular complexity index is 812. The van der Waals surface area contributed by atoms with Gasteiger partial charge in [0.2, 0.25) is 0 Å². The van der Waals surface area contributed by atoms with Crippen LogP contribution in [0.3, 0.4) is 0 Å². The summed E-state index contributed by atoms with van der Waals surface area (Å²) in [5.41, 5.74) is 1.99. The number of carbonyl (C=O) groups is 1. The topological polar surface area (TPSA) is 82.7 Å². The minimum Gasteiger partial charge on any atom is -0.341 e. The summed E-state index contributed by atoms with van der Waals surface area (Å²) in [4.78, 5) is 24.9. The highest BCUT2D eigenvalue weighted by Crippen LogP contribution is 2.20. The lowest BCUT2D eigenvalue weighted by Crippen LogP contribution is -2.28. The smallest absolute Gasteiger partial charge is 0.321 e. The van der Waals surface area contributed by atoms with Crippen molar-refractivity contribution in [3.8, 4) is 11.3 Å². The molecule has 6 nitrogen and oxygen atoms in total. The molecule has 0 aliphatic carbocycles. The standard InChI is InChI=1S/C18H21N5OS/c1-2-3-9-14-10-21-18(25-14)23-17(24)20-12-16-19-11-15(22-16)13-7-5-4-6-8-13/h4-8,10-11H,2-3,9,12H2,1H3,(H,19,22)(H2,20,21,23,24). The van der Waals surface area contributed by atoms with Crippen molar-refractivity contribution >= 4 is 22.5 Å². The molecule has 3 rings (SSSR count). The molecule has 3 aromatic rings. The third-order valence-corrected chi connectivity index (χ3v) is 4.65. The number of imidazole rings is 1. The lowest BCUT2D eigenvalue weighted by atomic mass is 10.2. The van der Waals surface area contributed by atoms with E-state index in [9.17, 15) is 4.79 Å². The number of carbonyl (C=O) groups excluding carboxylic acids is 1. The number of hydrogen-bond acceptors (Lipinski definition) is 4.